The minimum atomic E-state index is -0.328. The van der Waals surface area contributed by atoms with Gasteiger partial charge in [-0.25, -0.2) is 9.37 Å². The molecule has 134 valence electrons. The Morgan fingerprint density at radius 2 is 1.85 bits per heavy atom. The highest BCUT2D eigenvalue weighted by molar-refractivity contribution is 7.14. The van der Waals surface area contributed by atoms with Crippen molar-refractivity contribution >= 4 is 33.8 Å². The SMILES string of the molecule is O=C(Nc1ccc(-c2csc(Nc3ccccc3F)n2)cc1)c1ccco1. The number of nitrogens with one attached hydrogen (secondary N) is 2. The fourth-order valence-corrected chi connectivity index (χ4v) is 3.20. The Hall–Kier alpha value is -3.45. The molecule has 27 heavy (non-hydrogen) atoms. The van der Waals surface area contributed by atoms with Crippen LogP contribution in [0.25, 0.3) is 11.3 Å². The highest BCUT2D eigenvalue weighted by Crippen LogP contribution is 2.28. The molecule has 0 spiro atoms. The Morgan fingerprint density at radius 1 is 1.04 bits per heavy atom. The van der Waals surface area contributed by atoms with Gasteiger partial charge in [0.15, 0.2) is 10.9 Å². The molecule has 2 aromatic heterocycles. The third-order valence-corrected chi connectivity index (χ3v) is 4.56. The smallest absolute Gasteiger partial charge is 0.291 e. The molecule has 0 saturated heterocycles. The number of halogens is 1. The van der Waals surface area contributed by atoms with Crippen LogP contribution < -0.4 is 10.6 Å². The molecule has 0 fully saturated rings. The van der Waals surface area contributed by atoms with E-state index < -0.39 is 0 Å². The average Bonchev–Trinajstić information content (AvgIpc) is 3.36. The molecule has 1 amide bonds. The maximum Gasteiger partial charge on any atom is 0.291 e. The number of benzene rings is 2. The fraction of sp³-hybridized carbons (Fsp3) is 0. The van der Waals surface area contributed by atoms with E-state index in [2.05, 4.69) is 15.6 Å². The van der Waals surface area contributed by atoms with Crippen LogP contribution in [0.1, 0.15) is 10.6 Å². The van der Waals surface area contributed by atoms with Gasteiger partial charge in [-0.2, -0.15) is 0 Å². The molecule has 2 heterocycles. The minimum absolute atomic E-state index is 0.252. The number of furan rings is 1. The first-order valence-corrected chi connectivity index (χ1v) is 8.99. The Morgan fingerprint density at radius 3 is 2.59 bits per heavy atom. The molecule has 0 aliphatic carbocycles. The highest BCUT2D eigenvalue weighted by Gasteiger charge is 2.10. The van der Waals surface area contributed by atoms with E-state index in [1.165, 1.54) is 23.7 Å². The van der Waals surface area contributed by atoms with Crippen molar-refractivity contribution in [1.82, 2.24) is 4.98 Å². The summed E-state index contributed by atoms with van der Waals surface area (Å²) in [4.78, 5) is 16.5. The van der Waals surface area contributed by atoms with Crippen molar-refractivity contribution in [3.8, 4) is 11.3 Å². The zero-order valence-electron chi connectivity index (χ0n) is 14.0. The van der Waals surface area contributed by atoms with Crippen molar-refractivity contribution < 1.29 is 13.6 Å². The molecule has 0 aliphatic rings. The van der Waals surface area contributed by atoms with Crippen LogP contribution in [0.15, 0.2) is 76.7 Å². The van der Waals surface area contributed by atoms with Gasteiger partial charge in [-0.05, 0) is 36.4 Å². The first kappa shape index (κ1) is 17.0. The van der Waals surface area contributed by atoms with E-state index in [0.29, 0.717) is 16.5 Å². The molecule has 2 aromatic carbocycles. The molecule has 0 aliphatic heterocycles. The summed E-state index contributed by atoms with van der Waals surface area (Å²) in [5.74, 6) is -0.383. The summed E-state index contributed by atoms with van der Waals surface area (Å²) >= 11 is 1.39. The van der Waals surface area contributed by atoms with E-state index in [1.807, 2.05) is 17.5 Å². The van der Waals surface area contributed by atoms with Crippen LogP contribution in [0.5, 0.6) is 0 Å². The molecular weight excluding hydrogens is 365 g/mol. The van der Waals surface area contributed by atoms with Crippen LogP contribution in [-0.2, 0) is 0 Å². The van der Waals surface area contributed by atoms with Crippen molar-refractivity contribution in [3.63, 3.8) is 0 Å². The third kappa shape index (κ3) is 3.88. The van der Waals surface area contributed by atoms with Gasteiger partial charge < -0.3 is 15.1 Å². The maximum atomic E-state index is 13.7. The largest absolute Gasteiger partial charge is 0.459 e. The van der Waals surface area contributed by atoms with E-state index in [0.717, 1.165) is 11.3 Å². The number of carbonyl (C=O) groups excluding carboxylic acids is 1. The van der Waals surface area contributed by atoms with E-state index in [4.69, 9.17) is 4.42 Å². The lowest BCUT2D eigenvalue weighted by Crippen LogP contribution is -2.10. The van der Waals surface area contributed by atoms with E-state index >= 15 is 0 Å². The van der Waals surface area contributed by atoms with Crippen molar-refractivity contribution in [3.05, 3.63) is 83.9 Å². The summed E-state index contributed by atoms with van der Waals surface area (Å²) in [5.41, 5.74) is 2.70. The monoisotopic (exact) mass is 379 g/mol. The number of hydrogen-bond acceptors (Lipinski definition) is 5. The van der Waals surface area contributed by atoms with Crippen LogP contribution in [-0.4, -0.2) is 10.9 Å². The van der Waals surface area contributed by atoms with Crippen LogP contribution >= 0.6 is 11.3 Å². The topological polar surface area (TPSA) is 67.2 Å². The summed E-state index contributed by atoms with van der Waals surface area (Å²) in [6.45, 7) is 0. The van der Waals surface area contributed by atoms with Crippen LogP contribution in [0.3, 0.4) is 0 Å². The molecular formula is C20H14FN3O2S. The lowest BCUT2D eigenvalue weighted by Gasteiger charge is -2.04. The number of rotatable bonds is 5. The average molecular weight is 379 g/mol. The normalized spacial score (nSPS) is 10.6. The van der Waals surface area contributed by atoms with E-state index in [1.54, 1.807) is 42.5 Å². The Bertz CT molecular complexity index is 1060. The number of thiazole rings is 1. The van der Waals surface area contributed by atoms with Gasteiger partial charge in [0.2, 0.25) is 0 Å². The van der Waals surface area contributed by atoms with Gasteiger partial charge in [-0.3, -0.25) is 4.79 Å². The molecule has 0 unspecified atom stereocenters. The van der Waals surface area contributed by atoms with Gasteiger partial charge in [0.25, 0.3) is 5.91 Å². The van der Waals surface area contributed by atoms with E-state index in [9.17, 15) is 9.18 Å². The molecule has 0 bridgehead atoms. The second-order valence-electron chi connectivity index (χ2n) is 5.65. The summed E-state index contributed by atoms with van der Waals surface area (Å²) < 4.78 is 18.8. The fourth-order valence-electron chi connectivity index (χ4n) is 2.47. The van der Waals surface area contributed by atoms with Gasteiger partial charge in [0.05, 0.1) is 17.6 Å². The molecule has 0 saturated carbocycles. The summed E-state index contributed by atoms with van der Waals surface area (Å²) in [5, 5.41) is 8.23. The maximum absolute atomic E-state index is 13.7. The highest BCUT2D eigenvalue weighted by atomic mass is 32.1. The summed E-state index contributed by atoms with van der Waals surface area (Å²) in [6.07, 6.45) is 1.45. The summed E-state index contributed by atoms with van der Waals surface area (Å²) in [7, 11) is 0. The third-order valence-electron chi connectivity index (χ3n) is 3.80. The molecule has 7 heteroatoms. The second kappa shape index (κ2) is 7.43. The molecule has 2 N–H and O–H groups in total. The van der Waals surface area contributed by atoms with E-state index in [-0.39, 0.29) is 17.5 Å². The quantitative estimate of drug-likeness (QED) is 0.478. The van der Waals surface area contributed by atoms with Gasteiger partial charge in [0, 0.05) is 16.6 Å². The first-order valence-electron chi connectivity index (χ1n) is 8.11. The predicted octanol–water partition coefficient (Wildman–Crippen LogP) is 5.54. The van der Waals surface area contributed by atoms with Crippen LogP contribution in [0, 0.1) is 5.82 Å². The minimum Gasteiger partial charge on any atom is -0.459 e. The van der Waals surface area contributed by atoms with Crippen molar-refractivity contribution in [2.75, 3.05) is 10.6 Å². The molecule has 0 radical (unpaired) electrons. The lowest BCUT2D eigenvalue weighted by molar-refractivity contribution is 0.0996. The number of aromatic nitrogens is 1. The molecule has 0 atom stereocenters. The standard InChI is InChI=1S/C20H14FN3O2S/c21-15-4-1-2-5-16(15)23-20-24-17(12-27-20)13-7-9-14(10-8-13)22-19(25)18-6-3-11-26-18/h1-12H,(H,22,25)(H,23,24). The number of hydrogen-bond donors (Lipinski definition) is 2. The van der Waals surface area contributed by atoms with Gasteiger partial charge in [0.1, 0.15) is 5.82 Å². The lowest BCUT2D eigenvalue weighted by atomic mass is 10.1. The van der Waals surface area contributed by atoms with Crippen LogP contribution in [0.2, 0.25) is 0 Å². The van der Waals surface area contributed by atoms with Crippen LogP contribution in [0.4, 0.5) is 20.9 Å². The number of anilines is 3. The zero-order chi connectivity index (χ0) is 18.6. The first-order chi connectivity index (χ1) is 13.2. The Labute approximate surface area is 158 Å². The zero-order valence-corrected chi connectivity index (χ0v) is 14.8. The molecule has 4 aromatic rings. The molecule has 5 nitrogen and oxygen atoms in total. The van der Waals surface area contributed by atoms with Crippen molar-refractivity contribution in [1.29, 1.82) is 0 Å². The van der Waals surface area contributed by atoms with Crippen molar-refractivity contribution in [2.24, 2.45) is 0 Å². The van der Waals surface area contributed by atoms with Gasteiger partial charge in [-0.1, -0.05) is 24.3 Å². The summed E-state index contributed by atoms with van der Waals surface area (Å²) in [6, 6.07) is 17.0. The Kier molecular flexibility index (Phi) is 4.67. The second-order valence-corrected chi connectivity index (χ2v) is 6.51. The predicted molar refractivity (Wildman–Crippen MR) is 104 cm³/mol. The van der Waals surface area contributed by atoms with Crippen molar-refractivity contribution in [2.45, 2.75) is 0 Å². The number of para-hydroxylation sites is 1. The Balaban J connectivity index is 1.46. The number of amides is 1. The number of nitrogens with zero attached hydrogens (tertiary/aromatic N) is 1. The molecule has 4 rings (SSSR count). The van der Waals surface area contributed by atoms with Gasteiger partial charge in [-0.15, -0.1) is 11.3 Å². The van der Waals surface area contributed by atoms with Gasteiger partial charge >= 0.3 is 0 Å². The number of carbonyl (C=O) groups is 1.